The van der Waals surface area contributed by atoms with Crippen molar-refractivity contribution in [3.8, 4) is 5.75 Å². The van der Waals surface area contributed by atoms with Crippen LogP contribution < -0.4 is 4.74 Å². The van der Waals surface area contributed by atoms with Gasteiger partial charge in [0, 0.05) is 29.2 Å². The van der Waals surface area contributed by atoms with Crippen LogP contribution in [0.3, 0.4) is 0 Å². The predicted octanol–water partition coefficient (Wildman–Crippen LogP) is 2.84. The van der Waals surface area contributed by atoms with Crippen molar-refractivity contribution in [2.75, 3.05) is 26.0 Å². The minimum Gasteiger partial charge on any atom is -0.494 e. The number of Topliss-reactive ketones (excluding diaryl/α,β-unsaturated/α-hetero) is 1. The molecule has 0 amide bonds. The van der Waals surface area contributed by atoms with Crippen LogP contribution >= 0.6 is 11.8 Å². The first-order valence-electron chi connectivity index (χ1n) is 6.75. The highest BCUT2D eigenvalue weighted by Crippen LogP contribution is 2.24. The number of hydrogen-bond acceptors (Lipinski definition) is 4. The lowest BCUT2D eigenvalue weighted by molar-refractivity contribution is 0.0901. The van der Waals surface area contributed by atoms with E-state index in [-0.39, 0.29) is 11.5 Å². The Morgan fingerprint density at radius 1 is 1.50 bits per heavy atom. The number of nitrogens with zero attached hydrogens (tertiary/aromatic N) is 1. The Bertz CT molecular complexity index is 495. The van der Waals surface area contributed by atoms with Gasteiger partial charge in [0.2, 0.25) is 0 Å². The highest BCUT2D eigenvalue weighted by molar-refractivity contribution is 8.00. The second-order valence-corrected chi connectivity index (χ2v) is 6.54. The van der Waals surface area contributed by atoms with E-state index in [1.165, 1.54) is 19.2 Å². The number of hydrogen-bond donors (Lipinski definition) is 0. The molecule has 1 saturated heterocycles. The van der Waals surface area contributed by atoms with Gasteiger partial charge in [-0.2, -0.15) is 11.8 Å². The Morgan fingerprint density at radius 3 is 2.90 bits per heavy atom. The van der Waals surface area contributed by atoms with Crippen molar-refractivity contribution in [2.45, 2.75) is 25.1 Å². The lowest BCUT2D eigenvalue weighted by Gasteiger charge is -2.36. The number of carbonyl (C=O) groups is 1. The highest BCUT2D eigenvalue weighted by atomic mass is 32.2. The van der Waals surface area contributed by atoms with E-state index in [0.717, 1.165) is 12.3 Å². The molecule has 1 aliphatic heterocycles. The van der Waals surface area contributed by atoms with E-state index >= 15 is 0 Å². The molecule has 1 heterocycles. The van der Waals surface area contributed by atoms with Gasteiger partial charge in [-0.1, -0.05) is 6.92 Å². The van der Waals surface area contributed by atoms with Gasteiger partial charge < -0.3 is 4.74 Å². The lowest BCUT2D eigenvalue weighted by atomic mass is 10.1. The Labute approximate surface area is 123 Å². The summed E-state index contributed by atoms with van der Waals surface area (Å²) >= 11 is 1.93. The third-order valence-corrected chi connectivity index (χ3v) is 5.17. The molecule has 0 N–H and O–H groups in total. The quantitative estimate of drug-likeness (QED) is 0.799. The standard InChI is InChI=1S/C15H20FNO2S/c1-10-11(2)20-7-6-17(10)9-14(18)12-4-5-15(19-3)13(16)8-12/h4-5,8,10-11H,6-7,9H2,1-3H3. The molecule has 1 aromatic rings. The number of halogens is 1. The summed E-state index contributed by atoms with van der Waals surface area (Å²) in [5, 5.41) is 0.518. The molecule has 20 heavy (non-hydrogen) atoms. The van der Waals surface area contributed by atoms with Gasteiger partial charge in [0.05, 0.1) is 13.7 Å². The molecular formula is C15H20FNO2S. The van der Waals surface area contributed by atoms with Gasteiger partial charge in [-0.05, 0) is 25.1 Å². The number of ketones is 1. The Kier molecular flexibility index (Phi) is 5.05. The zero-order valence-corrected chi connectivity index (χ0v) is 12.9. The van der Waals surface area contributed by atoms with Crippen molar-refractivity contribution in [3.05, 3.63) is 29.6 Å². The third kappa shape index (κ3) is 3.33. The van der Waals surface area contributed by atoms with Crippen LogP contribution in [0.2, 0.25) is 0 Å². The van der Waals surface area contributed by atoms with Crippen LogP contribution in [-0.4, -0.2) is 47.9 Å². The van der Waals surface area contributed by atoms with E-state index in [0.29, 0.717) is 23.4 Å². The topological polar surface area (TPSA) is 29.5 Å². The monoisotopic (exact) mass is 297 g/mol. The minimum atomic E-state index is -0.492. The molecule has 0 spiro atoms. The van der Waals surface area contributed by atoms with Crippen LogP contribution in [0.15, 0.2) is 18.2 Å². The molecule has 1 aromatic carbocycles. The maximum Gasteiger partial charge on any atom is 0.176 e. The SMILES string of the molecule is COc1ccc(C(=O)CN2CCSC(C)C2C)cc1F. The molecule has 0 saturated carbocycles. The van der Waals surface area contributed by atoms with Crippen LogP contribution in [0.25, 0.3) is 0 Å². The summed E-state index contributed by atoms with van der Waals surface area (Å²) in [6, 6.07) is 4.74. The van der Waals surface area contributed by atoms with Crippen molar-refractivity contribution >= 4 is 17.5 Å². The van der Waals surface area contributed by atoms with Gasteiger partial charge in [-0.15, -0.1) is 0 Å². The number of methoxy groups -OCH3 is 1. The fourth-order valence-corrected chi connectivity index (χ4v) is 3.50. The number of ether oxygens (including phenoxy) is 1. The molecule has 0 aliphatic carbocycles. The van der Waals surface area contributed by atoms with E-state index in [9.17, 15) is 9.18 Å². The third-order valence-electron chi connectivity index (χ3n) is 3.84. The molecule has 2 atom stereocenters. The maximum atomic E-state index is 13.6. The number of carbonyl (C=O) groups excluding carboxylic acids is 1. The van der Waals surface area contributed by atoms with Crippen molar-refractivity contribution < 1.29 is 13.9 Å². The summed E-state index contributed by atoms with van der Waals surface area (Å²) in [7, 11) is 1.41. The summed E-state index contributed by atoms with van der Waals surface area (Å²) in [4.78, 5) is 14.4. The smallest absolute Gasteiger partial charge is 0.176 e. The normalized spacial score (nSPS) is 23.6. The molecule has 0 aromatic heterocycles. The first-order valence-corrected chi connectivity index (χ1v) is 7.80. The van der Waals surface area contributed by atoms with Crippen molar-refractivity contribution in [1.82, 2.24) is 4.90 Å². The molecule has 5 heteroatoms. The summed E-state index contributed by atoms with van der Waals surface area (Å²) < 4.78 is 18.5. The van der Waals surface area contributed by atoms with Crippen LogP contribution in [-0.2, 0) is 0 Å². The Balaban J connectivity index is 2.06. The molecular weight excluding hydrogens is 277 g/mol. The second-order valence-electron chi connectivity index (χ2n) is 5.06. The van der Waals surface area contributed by atoms with Crippen LogP contribution in [0.5, 0.6) is 5.75 Å². The van der Waals surface area contributed by atoms with E-state index in [2.05, 4.69) is 18.7 Å². The highest BCUT2D eigenvalue weighted by Gasteiger charge is 2.27. The first-order chi connectivity index (χ1) is 9.52. The summed E-state index contributed by atoms with van der Waals surface area (Å²) in [5.74, 6) is 0.667. The summed E-state index contributed by atoms with van der Waals surface area (Å²) in [6.45, 7) is 5.57. The number of rotatable bonds is 4. The van der Waals surface area contributed by atoms with E-state index < -0.39 is 5.82 Å². The fraction of sp³-hybridized carbons (Fsp3) is 0.533. The zero-order chi connectivity index (χ0) is 14.7. The Morgan fingerprint density at radius 2 is 2.25 bits per heavy atom. The molecule has 110 valence electrons. The van der Waals surface area contributed by atoms with Crippen molar-refractivity contribution in [3.63, 3.8) is 0 Å². The average molecular weight is 297 g/mol. The molecule has 2 unspecified atom stereocenters. The largest absolute Gasteiger partial charge is 0.494 e. The number of thioether (sulfide) groups is 1. The molecule has 0 bridgehead atoms. The van der Waals surface area contributed by atoms with Crippen molar-refractivity contribution in [1.29, 1.82) is 0 Å². The van der Waals surface area contributed by atoms with E-state index in [1.807, 2.05) is 11.8 Å². The van der Waals surface area contributed by atoms with Gasteiger partial charge in [0.1, 0.15) is 0 Å². The van der Waals surface area contributed by atoms with Gasteiger partial charge in [-0.3, -0.25) is 9.69 Å². The zero-order valence-electron chi connectivity index (χ0n) is 12.1. The number of benzene rings is 1. The molecule has 3 nitrogen and oxygen atoms in total. The van der Waals surface area contributed by atoms with E-state index in [4.69, 9.17) is 4.74 Å². The Hall–Kier alpha value is -1.07. The average Bonchev–Trinajstić information content (AvgIpc) is 2.43. The molecule has 1 fully saturated rings. The molecule has 0 radical (unpaired) electrons. The van der Waals surface area contributed by atoms with Gasteiger partial charge in [0.15, 0.2) is 17.3 Å². The maximum absolute atomic E-state index is 13.6. The summed E-state index contributed by atoms with van der Waals surface area (Å²) in [6.07, 6.45) is 0. The van der Waals surface area contributed by atoms with E-state index in [1.54, 1.807) is 6.07 Å². The van der Waals surface area contributed by atoms with Crippen LogP contribution in [0.4, 0.5) is 4.39 Å². The first kappa shape index (κ1) is 15.3. The summed E-state index contributed by atoms with van der Waals surface area (Å²) in [5.41, 5.74) is 0.404. The predicted molar refractivity (Wildman–Crippen MR) is 80.2 cm³/mol. The van der Waals surface area contributed by atoms with Crippen LogP contribution in [0.1, 0.15) is 24.2 Å². The second kappa shape index (κ2) is 6.59. The van der Waals surface area contributed by atoms with Crippen molar-refractivity contribution in [2.24, 2.45) is 0 Å². The van der Waals surface area contributed by atoms with Gasteiger partial charge >= 0.3 is 0 Å². The van der Waals surface area contributed by atoms with Crippen LogP contribution in [0, 0.1) is 5.82 Å². The lowest BCUT2D eigenvalue weighted by Crippen LogP contribution is -2.46. The molecule has 2 rings (SSSR count). The van der Waals surface area contributed by atoms with Gasteiger partial charge in [0.25, 0.3) is 0 Å². The minimum absolute atomic E-state index is 0.0440. The fourth-order valence-electron chi connectivity index (χ4n) is 2.33. The molecule has 1 aliphatic rings. The van der Waals surface area contributed by atoms with Gasteiger partial charge in [-0.25, -0.2) is 4.39 Å².